The van der Waals surface area contributed by atoms with Crippen LogP contribution in [-0.2, 0) is 4.79 Å². The predicted octanol–water partition coefficient (Wildman–Crippen LogP) is 0.759. The summed E-state index contributed by atoms with van der Waals surface area (Å²) in [7, 11) is 0. The molecule has 0 radical (unpaired) electrons. The van der Waals surface area contributed by atoms with Gasteiger partial charge in [0.1, 0.15) is 22.4 Å². The Morgan fingerprint density at radius 3 is 3.00 bits per heavy atom. The Kier molecular flexibility index (Phi) is 4.97. The van der Waals surface area contributed by atoms with E-state index in [0.717, 1.165) is 6.42 Å². The molecule has 7 heteroatoms. The Morgan fingerprint density at radius 2 is 2.31 bits per heavy atom. The van der Waals surface area contributed by atoms with Crippen molar-refractivity contribution in [3.05, 3.63) is 10.8 Å². The molecule has 1 amide bonds. The van der Waals surface area contributed by atoms with Crippen molar-refractivity contribution in [3.63, 3.8) is 0 Å². The number of aromatic nitrogens is 2. The molecule has 4 N–H and O–H groups in total. The first-order valence-corrected chi connectivity index (χ1v) is 5.71. The van der Waals surface area contributed by atoms with Crippen molar-refractivity contribution in [2.75, 3.05) is 24.1 Å². The molecule has 0 fully saturated rings. The van der Waals surface area contributed by atoms with Crippen molar-refractivity contribution >= 4 is 33.5 Å². The summed E-state index contributed by atoms with van der Waals surface area (Å²) in [5, 5.41) is 5.62. The molecule has 0 aliphatic rings. The highest BCUT2D eigenvalue weighted by atomic mass is 79.9. The van der Waals surface area contributed by atoms with E-state index in [2.05, 4.69) is 36.5 Å². The molecule has 0 unspecified atom stereocenters. The fraction of sp³-hybridized carbons (Fsp3) is 0.444. The van der Waals surface area contributed by atoms with Gasteiger partial charge in [0.05, 0.1) is 6.54 Å². The lowest BCUT2D eigenvalue weighted by atomic mass is 10.4. The number of carbonyl (C=O) groups is 1. The van der Waals surface area contributed by atoms with Crippen molar-refractivity contribution in [2.45, 2.75) is 13.3 Å². The fourth-order valence-electron chi connectivity index (χ4n) is 0.998. The molecule has 1 aromatic rings. The second-order valence-corrected chi connectivity index (χ2v) is 3.92. The maximum absolute atomic E-state index is 11.3. The molecule has 0 saturated heterocycles. The summed E-state index contributed by atoms with van der Waals surface area (Å²) in [6.45, 7) is 2.83. The molecule has 0 saturated carbocycles. The topological polar surface area (TPSA) is 92.9 Å². The summed E-state index contributed by atoms with van der Waals surface area (Å²) >= 11 is 3.24. The monoisotopic (exact) mass is 287 g/mol. The van der Waals surface area contributed by atoms with Crippen LogP contribution in [0.1, 0.15) is 13.3 Å². The standard InChI is InChI=1S/C9H14BrN5O/c1-2-3-12-6(16)4-13-9-7(10)8(11)14-5-15-9/h5H,2-4H2,1H3,(H,12,16)(H3,11,13,14,15). The number of halogens is 1. The second-order valence-electron chi connectivity index (χ2n) is 3.13. The fourth-order valence-corrected chi connectivity index (χ4v) is 1.34. The van der Waals surface area contributed by atoms with Gasteiger partial charge in [0.15, 0.2) is 0 Å². The van der Waals surface area contributed by atoms with Crippen LogP contribution >= 0.6 is 15.9 Å². The molecular formula is C9H14BrN5O. The van der Waals surface area contributed by atoms with E-state index in [0.29, 0.717) is 22.7 Å². The first-order chi connectivity index (χ1) is 7.65. The first kappa shape index (κ1) is 12.7. The molecule has 0 spiro atoms. The number of rotatable bonds is 5. The number of amides is 1. The van der Waals surface area contributed by atoms with Crippen molar-refractivity contribution < 1.29 is 4.79 Å². The van der Waals surface area contributed by atoms with Gasteiger partial charge in [-0.05, 0) is 22.4 Å². The Bertz CT molecular complexity index is 371. The molecule has 0 atom stereocenters. The molecule has 0 aliphatic heterocycles. The number of carbonyl (C=O) groups excluding carboxylic acids is 1. The van der Waals surface area contributed by atoms with Gasteiger partial charge in [-0.3, -0.25) is 4.79 Å². The Hall–Kier alpha value is -1.37. The maximum atomic E-state index is 11.3. The minimum Gasteiger partial charge on any atom is -0.383 e. The van der Waals surface area contributed by atoms with Crippen molar-refractivity contribution in [3.8, 4) is 0 Å². The van der Waals surface area contributed by atoms with E-state index in [4.69, 9.17) is 5.73 Å². The third-order valence-electron chi connectivity index (χ3n) is 1.81. The van der Waals surface area contributed by atoms with Crippen molar-refractivity contribution in [1.82, 2.24) is 15.3 Å². The van der Waals surface area contributed by atoms with Crippen LogP contribution in [0.4, 0.5) is 11.6 Å². The molecule has 88 valence electrons. The van der Waals surface area contributed by atoms with Crippen LogP contribution in [-0.4, -0.2) is 29.0 Å². The normalized spacial score (nSPS) is 9.88. The highest BCUT2D eigenvalue weighted by Gasteiger charge is 2.06. The summed E-state index contributed by atoms with van der Waals surface area (Å²) in [5.74, 6) is 0.775. The molecule has 0 bridgehead atoms. The lowest BCUT2D eigenvalue weighted by Gasteiger charge is -2.08. The van der Waals surface area contributed by atoms with Gasteiger partial charge in [-0.2, -0.15) is 0 Å². The van der Waals surface area contributed by atoms with Crippen LogP contribution in [0, 0.1) is 0 Å². The third kappa shape index (κ3) is 3.65. The molecular weight excluding hydrogens is 274 g/mol. The summed E-state index contributed by atoms with van der Waals surface area (Å²) in [6, 6.07) is 0. The Labute approximate surface area is 102 Å². The zero-order chi connectivity index (χ0) is 12.0. The molecule has 1 heterocycles. The third-order valence-corrected chi connectivity index (χ3v) is 2.59. The SMILES string of the molecule is CCCNC(=O)CNc1ncnc(N)c1Br. The first-order valence-electron chi connectivity index (χ1n) is 4.91. The average Bonchev–Trinajstić information content (AvgIpc) is 2.28. The average molecular weight is 288 g/mol. The maximum Gasteiger partial charge on any atom is 0.239 e. The van der Waals surface area contributed by atoms with Crippen molar-refractivity contribution in [1.29, 1.82) is 0 Å². The lowest BCUT2D eigenvalue weighted by Crippen LogP contribution is -2.30. The Balaban J connectivity index is 2.48. The zero-order valence-corrected chi connectivity index (χ0v) is 10.5. The van der Waals surface area contributed by atoms with E-state index in [-0.39, 0.29) is 12.5 Å². The quantitative estimate of drug-likeness (QED) is 0.744. The predicted molar refractivity (Wildman–Crippen MR) is 65.9 cm³/mol. The lowest BCUT2D eigenvalue weighted by molar-refractivity contribution is -0.119. The van der Waals surface area contributed by atoms with E-state index in [1.165, 1.54) is 6.33 Å². The van der Waals surface area contributed by atoms with E-state index < -0.39 is 0 Å². The van der Waals surface area contributed by atoms with Crippen molar-refractivity contribution in [2.24, 2.45) is 0 Å². The summed E-state index contributed by atoms with van der Waals surface area (Å²) in [6.07, 6.45) is 2.25. The highest BCUT2D eigenvalue weighted by molar-refractivity contribution is 9.10. The van der Waals surface area contributed by atoms with E-state index in [9.17, 15) is 4.79 Å². The second kappa shape index (κ2) is 6.26. The number of nitrogens with zero attached hydrogens (tertiary/aromatic N) is 2. The van der Waals surface area contributed by atoms with Crippen LogP contribution in [0.15, 0.2) is 10.8 Å². The van der Waals surface area contributed by atoms with E-state index in [1.807, 2.05) is 6.92 Å². The van der Waals surface area contributed by atoms with Crippen LogP contribution in [0.25, 0.3) is 0 Å². The number of hydrogen-bond donors (Lipinski definition) is 3. The highest BCUT2D eigenvalue weighted by Crippen LogP contribution is 2.23. The molecule has 1 rings (SSSR count). The Morgan fingerprint density at radius 1 is 1.56 bits per heavy atom. The molecule has 0 aliphatic carbocycles. The van der Waals surface area contributed by atoms with Crippen LogP contribution in [0.5, 0.6) is 0 Å². The number of nitrogen functional groups attached to an aromatic ring is 1. The van der Waals surface area contributed by atoms with Crippen LogP contribution < -0.4 is 16.4 Å². The van der Waals surface area contributed by atoms with E-state index in [1.54, 1.807) is 0 Å². The van der Waals surface area contributed by atoms with E-state index >= 15 is 0 Å². The van der Waals surface area contributed by atoms with Gasteiger partial charge >= 0.3 is 0 Å². The van der Waals surface area contributed by atoms with Gasteiger partial charge < -0.3 is 16.4 Å². The summed E-state index contributed by atoms with van der Waals surface area (Å²) in [4.78, 5) is 19.1. The van der Waals surface area contributed by atoms with Crippen LogP contribution in [0.2, 0.25) is 0 Å². The summed E-state index contributed by atoms with van der Waals surface area (Å²) in [5.41, 5.74) is 5.57. The number of hydrogen-bond acceptors (Lipinski definition) is 5. The number of anilines is 2. The smallest absolute Gasteiger partial charge is 0.239 e. The summed E-state index contributed by atoms with van der Waals surface area (Å²) < 4.78 is 0.568. The van der Waals surface area contributed by atoms with Gasteiger partial charge in [0.2, 0.25) is 5.91 Å². The van der Waals surface area contributed by atoms with Gasteiger partial charge in [-0.25, -0.2) is 9.97 Å². The van der Waals surface area contributed by atoms with Gasteiger partial charge in [-0.15, -0.1) is 0 Å². The molecule has 1 aromatic heterocycles. The minimum atomic E-state index is -0.0778. The van der Waals surface area contributed by atoms with Crippen LogP contribution in [0.3, 0.4) is 0 Å². The largest absolute Gasteiger partial charge is 0.383 e. The number of nitrogens with two attached hydrogens (primary N) is 1. The van der Waals surface area contributed by atoms with Gasteiger partial charge in [0.25, 0.3) is 0 Å². The van der Waals surface area contributed by atoms with Gasteiger partial charge in [0, 0.05) is 6.54 Å². The zero-order valence-electron chi connectivity index (χ0n) is 8.96. The molecule has 6 nitrogen and oxygen atoms in total. The number of nitrogens with one attached hydrogen (secondary N) is 2. The molecule has 16 heavy (non-hydrogen) atoms. The molecule has 0 aromatic carbocycles. The van der Waals surface area contributed by atoms with Gasteiger partial charge in [-0.1, -0.05) is 6.92 Å². The minimum absolute atomic E-state index is 0.0778.